The van der Waals surface area contributed by atoms with Crippen LogP contribution in [0.1, 0.15) is 5.56 Å². The first kappa shape index (κ1) is 18.8. The zero-order valence-corrected chi connectivity index (χ0v) is 16.8. The van der Waals surface area contributed by atoms with E-state index in [2.05, 4.69) is 10.3 Å². The molecule has 1 aliphatic rings. The molecule has 0 bridgehead atoms. The van der Waals surface area contributed by atoms with Crippen molar-refractivity contribution in [2.75, 3.05) is 18.5 Å². The molecule has 1 amide bonds. The van der Waals surface area contributed by atoms with Crippen molar-refractivity contribution in [3.8, 4) is 22.8 Å². The summed E-state index contributed by atoms with van der Waals surface area (Å²) in [5.41, 5.74) is 2.35. The molecule has 4 rings (SSSR count). The monoisotopic (exact) mass is 432 g/mol. The Kier molecular flexibility index (Phi) is 5.52. The lowest BCUT2D eigenvalue weighted by molar-refractivity contribution is -0.111. The Morgan fingerprint density at radius 3 is 2.75 bits per heavy atom. The largest absolute Gasteiger partial charge is 0.486 e. The second-order valence-corrected chi connectivity index (χ2v) is 7.59. The van der Waals surface area contributed by atoms with Gasteiger partial charge in [0, 0.05) is 27.1 Å². The average molecular weight is 433 g/mol. The first-order valence-corrected chi connectivity index (χ1v) is 10.0. The number of fused-ring (bicyclic) bond motifs is 1. The fourth-order valence-corrected chi connectivity index (χ4v) is 3.81. The van der Waals surface area contributed by atoms with Gasteiger partial charge in [-0.25, -0.2) is 4.98 Å². The second kappa shape index (κ2) is 8.22. The lowest BCUT2D eigenvalue weighted by Crippen LogP contribution is -2.15. The minimum Gasteiger partial charge on any atom is -0.486 e. The molecule has 142 valence electrons. The highest BCUT2D eigenvalue weighted by Crippen LogP contribution is 2.35. The molecule has 1 aromatic heterocycles. The van der Waals surface area contributed by atoms with Gasteiger partial charge in [-0.05, 0) is 42.0 Å². The van der Waals surface area contributed by atoms with Gasteiger partial charge in [-0.2, -0.15) is 0 Å². The summed E-state index contributed by atoms with van der Waals surface area (Å²) in [7, 11) is 0. The number of nitrogens with zero attached hydrogens (tertiary/aromatic N) is 1. The number of aromatic nitrogens is 1. The molecule has 5 nitrogen and oxygen atoms in total. The van der Waals surface area contributed by atoms with Gasteiger partial charge in [-0.3, -0.25) is 10.1 Å². The van der Waals surface area contributed by atoms with Crippen molar-refractivity contribution in [1.82, 2.24) is 4.98 Å². The van der Waals surface area contributed by atoms with E-state index in [9.17, 15) is 4.79 Å². The van der Waals surface area contributed by atoms with Gasteiger partial charge in [0.15, 0.2) is 16.6 Å². The Bertz CT molecular complexity index is 1070. The van der Waals surface area contributed by atoms with Crippen molar-refractivity contribution < 1.29 is 14.3 Å². The van der Waals surface area contributed by atoms with E-state index in [1.807, 2.05) is 23.6 Å². The van der Waals surface area contributed by atoms with Gasteiger partial charge in [0.1, 0.15) is 13.2 Å². The third-order valence-electron chi connectivity index (χ3n) is 3.95. The zero-order chi connectivity index (χ0) is 19.5. The molecule has 0 radical (unpaired) electrons. The molecule has 28 heavy (non-hydrogen) atoms. The quantitative estimate of drug-likeness (QED) is 0.549. The molecule has 0 aliphatic carbocycles. The highest BCUT2D eigenvalue weighted by molar-refractivity contribution is 7.14. The fraction of sp³-hybridized carbons (Fsp3) is 0.100. The minimum absolute atomic E-state index is 0.297. The van der Waals surface area contributed by atoms with E-state index in [0.717, 1.165) is 17.0 Å². The second-order valence-electron chi connectivity index (χ2n) is 5.88. The molecule has 1 N–H and O–H groups in total. The number of nitrogens with one attached hydrogen (secondary N) is 1. The van der Waals surface area contributed by atoms with Crippen LogP contribution >= 0.6 is 34.5 Å². The molecule has 0 atom stereocenters. The normalized spacial score (nSPS) is 12.9. The van der Waals surface area contributed by atoms with Crippen LogP contribution in [0.25, 0.3) is 17.3 Å². The van der Waals surface area contributed by atoms with E-state index in [4.69, 9.17) is 32.7 Å². The van der Waals surface area contributed by atoms with Crippen LogP contribution in [0, 0.1) is 0 Å². The smallest absolute Gasteiger partial charge is 0.250 e. The molecule has 8 heteroatoms. The van der Waals surface area contributed by atoms with E-state index in [1.54, 1.807) is 24.3 Å². The number of amides is 1. The summed E-state index contributed by atoms with van der Waals surface area (Å²) in [6.07, 6.45) is 3.03. The summed E-state index contributed by atoms with van der Waals surface area (Å²) in [6, 6.07) is 10.7. The first-order chi connectivity index (χ1) is 13.6. The van der Waals surface area contributed by atoms with E-state index in [1.165, 1.54) is 17.4 Å². The maximum atomic E-state index is 12.2. The number of carbonyl (C=O) groups is 1. The molecular weight excluding hydrogens is 419 g/mol. The topological polar surface area (TPSA) is 60.5 Å². The van der Waals surface area contributed by atoms with Crippen LogP contribution in [0.15, 0.2) is 47.9 Å². The Hall–Kier alpha value is -2.54. The number of hydrogen-bond acceptors (Lipinski definition) is 5. The van der Waals surface area contributed by atoms with Gasteiger partial charge >= 0.3 is 0 Å². The standard InChI is InChI=1S/C20H14Cl2N2O3S/c21-14-4-1-12(15(22)10-14)3-6-19(25)24-20-23-16(11-28-20)13-2-5-17-18(9-13)27-8-7-26-17/h1-6,9-11H,7-8H2,(H,23,24,25)/b6-3+. The van der Waals surface area contributed by atoms with Crippen molar-refractivity contribution in [2.24, 2.45) is 0 Å². The number of anilines is 1. The number of hydrogen-bond donors (Lipinski definition) is 1. The molecule has 0 unspecified atom stereocenters. The van der Waals surface area contributed by atoms with Gasteiger partial charge in [0.05, 0.1) is 5.69 Å². The number of benzene rings is 2. The van der Waals surface area contributed by atoms with Crippen LogP contribution in [0.3, 0.4) is 0 Å². The van der Waals surface area contributed by atoms with Crippen molar-refractivity contribution in [3.63, 3.8) is 0 Å². The SMILES string of the molecule is O=C(/C=C/c1ccc(Cl)cc1Cl)Nc1nc(-c2ccc3c(c2)OCCO3)cs1. The van der Waals surface area contributed by atoms with Crippen LogP contribution in [0.4, 0.5) is 5.13 Å². The van der Waals surface area contributed by atoms with Crippen LogP contribution in [-0.4, -0.2) is 24.1 Å². The summed E-state index contributed by atoms with van der Waals surface area (Å²) in [4.78, 5) is 16.6. The van der Waals surface area contributed by atoms with Crippen molar-refractivity contribution in [1.29, 1.82) is 0 Å². The van der Waals surface area contributed by atoms with Gasteiger partial charge in [-0.15, -0.1) is 11.3 Å². The summed E-state index contributed by atoms with van der Waals surface area (Å²) in [5.74, 6) is 1.13. The van der Waals surface area contributed by atoms with E-state index in [-0.39, 0.29) is 5.91 Å². The number of halogens is 2. The first-order valence-electron chi connectivity index (χ1n) is 8.38. The lowest BCUT2D eigenvalue weighted by atomic mass is 10.1. The number of ether oxygens (including phenoxy) is 2. The molecular formula is C20H14Cl2N2O3S. The third-order valence-corrected chi connectivity index (χ3v) is 5.27. The van der Waals surface area contributed by atoms with Crippen LogP contribution in [0.2, 0.25) is 10.0 Å². The van der Waals surface area contributed by atoms with Crippen LogP contribution in [0.5, 0.6) is 11.5 Å². The molecule has 2 aromatic carbocycles. The van der Waals surface area contributed by atoms with E-state index in [0.29, 0.717) is 39.7 Å². The molecule has 0 spiro atoms. The number of rotatable bonds is 4. The summed E-state index contributed by atoms with van der Waals surface area (Å²) in [5, 5.41) is 6.15. The summed E-state index contributed by atoms with van der Waals surface area (Å²) >= 11 is 13.3. The predicted octanol–water partition coefficient (Wildman–Crippen LogP) is 5.54. The lowest BCUT2D eigenvalue weighted by Gasteiger charge is -2.18. The van der Waals surface area contributed by atoms with Crippen LogP contribution < -0.4 is 14.8 Å². The molecule has 0 fully saturated rings. The van der Waals surface area contributed by atoms with E-state index < -0.39 is 0 Å². The van der Waals surface area contributed by atoms with Crippen LogP contribution in [-0.2, 0) is 4.79 Å². The van der Waals surface area contributed by atoms with Crippen molar-refractivity contribution in [3.05, 3.63) is 63.5 Å². The Balaban J connectivity index is 1.44. The van der Waals surface area contributed by atoms with Crippen molar-refractivity contribution >= 4 is 51.7 Å². The Labute approximate surface area is 175 Å². The molecule has 3 aromatic rings. The third kappa shape index (κ3) is 4.30. The maximum Gasteiger partial charge on any atom is 0.250 e. The average Bonchev–Trinajstić information content (AvgIpc) is 3.15. The Morgan fingerprint density at radius 2 is 1.93 bits per heavy atom. The highest BCUT2D eigenvalue weighted by Gasteiger charge is 2.14. The summed E-state index contributed by atoms with van der Waals surface area (Å²) < 4.78 is 11.1. The number of carbonyl (C=O) groups excluding carboxylic acids is 1. The zero-order valence-electron chi connectivity index (χ0n) is 14.4. The van der Waals surface area contributed by atoms with Gasteiger partial charge < -0.3 is 9.47 Å². The molecule has 2 heterocycles. The predicted molar refractivity (Wildman–Crippen MR) is 113 cm³/mol. The molecule has 0 saturated carbocycles. The number of thiazole rings is 1. The molecule has 0 saturated heterocycles. The van der Waals surface area contributed by atoms with E-state index >= 15 is 0 Å². The molecule has 1 aliphatic heterocycles. The van der Waals surface area contributed by atoms with Gasteiger partial charge in [0.2, 0.25) is 5.91 Å². The summed E-state index contributed by atoms with van der Waals surface area (Å²) in [6.45, 7) is 1.08. The maximum absolute atomic E-state index is 12.2. The van der Waals surface area contributed by atoms with Gasteiger partial charge in [-0.1, -0.05) is 29.3 Å². The minimum atomic E-state index is -0.297. The Morgan fingerprint density at radius 1 is 1.11 bits per heavy atom. The van der Waals surface area contributed by atoms with Crippen molar-refractivity contribution in [2.45, 2.75) is 0 Å². The van der Waals surface area contributed by atoms with Gasteiger partial charge in [0.25, 0.3) is 0 Å². The highest BCUT2D eigenvalue weighted by atomic mass is 35.5. The fourth-order valence-electron chi connectivity index (χ4n) is 2.62.